The Kier molecular flexibility index (Phi) is 6.20. The lowest BCUT2D eigenvalue weighted by Crippen LogP contribution is -2.23. The number of hydrogen-bond donors (Lipinski definition) is 0. The molecule has 0 aromatic heterocycles. The minimum Gasteiger partial charge on any atom is -0.0642 e. The van der Waals surface area contributed by atoms with Gasteiger partial charge < -0.3 is 0 Å². The van der Waals surface area contributed by atoms with E-state index in [0.29, 0.717) is 0 Å². The quantitative estimate of drug-likeness (QED) is 0.168. The number of fused-ring (bicyclic) bond motifs is 11. The van der Waals surface area contributed by atoms with Crippen LogP contribution in [-0.4, -0.2) is 0 Å². The van der Waals surface area contributed by atoms with Crippen molar-refractivity contribution in [3.05, 3.63) is 168 Å². The van der Waals surface area contributed by atoms with Gasteiger partial charge in [-0.2, -0.15) is 0 Å². The lowest BCUT2D eigenvalue weighted by molar-refractivity contribution is 0.491. The average Bonchev–Trinajstić information content (AvgIpc) is 3.57. The maximum atomic E-state index is 2.51. The Morgan fingerprint density at radius 1 is 0.360 bits per heavy atom. The second kappa shape index (κ2) is 10.5. The van der Waals surface area contributed by atoms with Gasteiger partial charge in [0, 0.05) is 10.8 Å². The largest absolute Gasteiger partial charge is 0.0642 e. The fraction of sp³-hybridized carbons (Fsp3) is 0.160. The molecule has 2 aliphatic rings. The highest BCUT2D eigenvalue weighted by atomic mass is 14.4. The lowest BCUT2D eigenvalue weighted by atomic mass is 9.73. The van der Waals surface area contributed by atoms with Crippen molar-refractivity contribution < 1.29 is 0 Å². The molecule has 0 saturated carbocycles. The molecule has 0 fully saturated rings. The summed E-state index contributed by atoms with van der Waals surface area (Å²) >= 11 is 0. The van der Waals surface area contributed by atoms with E-state index < -0.39 is 0 Å². The smallest absolute Gasteiger partial charge is 0.0210 e. The molecule has 50 heavy (non-hydrogen) atoms. The second-order valence-corrected chi connectivity index (χ2v) is 15.1. The van der Waals surface area contributed by atoms with Crippen LogP contribution in [0.2, 0.25) is 0 Å². The lowest BCUT2D eigenvalue weighted by Gasteiger charge is -2.30. The van der Waals surface area contributed by atoms with Gasteiger partial charge in [0.2, 0.25) is 0 Å². The van der Waals surface area contributed by atoms with Gasteiger partial charge in [-0.25, -0.2) is 0 Å². The molecule has 0 radical (unpaired) electrons. The van der Waals surface area contributed by atoms with Gasteiger partial charge in [-0.3, -0.25) is 0 Å². The van der Waals surface area contributed by atoms with Gasteiger partial charge in [-0.1, -0.05) is 143 Å². The summed E-state index contributed by atoms with van der Waals surface area (Å²) in [7, 11) is 0. The standard InChI is InChI=1S/C50H40/c1-5-50(6-2)47-27-34(31-12-8-7-9-13-31)19-24-40(47)41-25-20-35(28-48(41)50)33-17-16-32-18-22-38-37(42(32)26-33)23-21-36-29-46-44(30-43(36)38)39-14-10-11-15-45(39)49(46,3)4/h7-30H,5-6H2,1-4H3. The number of rotatable bonds is 4. The first kappa shape index (κ1) is 29.5. The molecule has 0 bridgehead atoms. The van der Waals surface area contributed by atoms with Gasteiger partial charge in [0.25, 0.3) is 0 Å². The van der Waals surface area contributed by atoms with Crippen molar-refractivity contribution in [1.82, 2.24) is 0 Å². The van der Waals surface area contributed by atoms with Crippen molar-refractivity contribution in [3.8, 4) is 44.5 Å². The molecule has 240 valence electrons. The summed E-state index contributed by atoms with van der Waals surface area (Å²) < 4.78 is 0. The molecule has 0 amide bonds. The Labute approximate surface area is 295 Å². The van der Waals surface area contributed by atoms with E-state index in [9.17, 15) is 0 Å². The van der Waals surface area contributed by atoms with E-state index in [2.05, 4.69) is 173 Å². The molecule has 0 aliphatic heterocycles. The van der Waals surface area contributed by atoms with E-state index in [0.717, 1.165) is 12.8 Å². The third-order valence-electron chi connectivity index (χ3n) is 12.5. The van der Waals surface area contributed by atoms with Crippen molar-refractivity contribution in [2.45, 2.75) is 51.4 Å². The highest BCUT2D eigenvalue weighted by Crippen LogP contribution is 2.55. The Bertz CT molecular complexity index is 2680. The summed E-state index contributed by atoms with van der Waals surface area (Å²) in [5.74, 6) is 0. The fourth-order valence-electron chi connectivity index (χ4n) is 9.74. The number of hydrogen-bond acceptors (Lipinski definition) is 0. The van der Waals surface area contributed by atoms with Crippen LogP contribution in [0, 0.1) is 0 Å². The van der Waals surface area contributed by atoms with Crippen LogP contribution in [0.1, 0.15) is 62.8 Å². The van der Waals surface area contributed by atoms with E-state index in [1.807, 2.05) is 0 Å². The topological polar surface area (TPSA) is 0 Å². The summed E-state index contributed by atoms with van der Waals surface area (Å²) in [6.45, 7) is 9.46. The normalized spacial score (nSPS) is 14.9. The summed E-state index contributed by atoms with van der Waals surface area (Å²) in [6, 6.07) is 55.5. The predicted molar refractivity (Wildman–Crippen MR) is 214 cm³/mol. The predicted octanol–water partition coefficient (Wildman–Crippen LogP) is 13.9. The van der Waals surface area contributed by atoms with Crippen molar-refractivity contribution >= 4 is 32.3 Å². The Hall–Kier alpha value is -5.46. The highest BCUT2D eigenvalue weighted by Gasteiger charge is 2.41. The molecule has 0 nitrogen and oxygen atoms in total. The van der Waals surface area contributed by atoms with Crippen LogP contribution in [0.15, 0.2) is 146 Å². The molecule has 2 aliphatic carbocycles. The van der Waals surface area contributed by atoms with Gasteiger partial charge in [0.1, 0.15) is 0 Å². The summed E-state index contributed by atoms with van der Waals surface area (Å²) in [4.78, 5) is 0. The zero-order valence-corrected chi connectivity index (χ0v) is 29.3. The average molecular weight is 641 g/mol. The molecule has 10 rings (SSSR count). The minimum absolute atomic E-state index is 0.00136. The molecule has 0 heterocycles. The van der Waals surface area contributed by atoms with Gasteiger partial charge in [-0.15, -0.1) is 0 Å². The first-order valence-corrected chi connectivity index (χ1v) is 18.3. The van der Waals surface area contributed by atoms with Crippen LogP contribution in [0.4, 0.5) is 0 Å². The molecule has 0 heteroatoms. The van der Waals surface area contributed by atoms with Crippen molar-refractivity contribution in [1.29, 1.82) is 0 Å². The molecular formula is C50H40. The zero-order valence-electron chi connectivity index (χ0n) is 29.3. The summed E-state index contributed by atoms with van der Waals surface area (Å²) in [5, 5.41) is 7.90. The maximum Gasteiger partial charge on any atom is 0.0210 e. The Morgan fingerprint density at radius 3 is 1.60 bits per heavy atom. The van der Waals surface area contributed by atoms with Gasteiger partial charge >= 0.3 is 0 Å². The van der Waals surface area contributed by atoms with E-state index in [4.69, 9.17) is 0 Å². The highest BCUT2D eigenvalue weighted by molar-refractivity contribution is 6.18. The number of benzene rings is 8. The van der Waals surface area contributed by atoms with Crippen molar-refractivity contribution in [2.24, 2.45) is 0 Å². The molecular weight excluding hydrogens is 601 g/mol. The van der Waals surface area contributed by atoms with Gasteiger partial charge in [-0.05, 0) is 142 Å². The van der Waals surface area contributed by atoms with Crippen molar-refractivity contribution in [2.75, 3.05) is 0 Å². The van der Waals surface area contributed by atoms with Crippen LogP contribution in [-0.2, 0) is 10.8 Å². The first-order chi connectivity index (χ1) is 24.4. The fourth-order valence-corrected chi connectivity index (χ4v) is 9.74. The third kappa shape index (κ3) is 3.94. The maximum absolute atomic E-state index is 2.51. The zero-order chi connectivity index (χ0) is 33.8. The van der Waals surface area contributed by atoms with E-state index in [1.165, 1.54) is 99.1 Å². The van der Waals surface area contributed by atoms with Crippen LogP contribution in [0.25, 0.3) is 76.8 Å². The monoisotopic (exact) mass is 640 g/mol. The second-order valence-electron chi connectivity index (χ2n) is 15.1. The van der Waals surface area contributed by atoms with E-state index >= 15 is 0 Å². The molecule has 0 saturated heterocycles. The van der Waals surface area contributed by atoms with Crippen LogP contribution in [0.3, 0.4) is 0 Å². The van der Waals surface area contributed by atoms with Crippen LogP contribution >= 0.6 is 0 Å². The molecule has 0 spiro atoms. The first-order valence-electron chi connectivity index (χ1n) is 18.3. The Morgan fingerprint density at radius 2 is 0.900 bits per heavy atom. The molecule has 0 unspecified atom stereocenters. The van der Waals surface area contributed by atoms with E-state index in [-0.39, 0.29) is 10.8 Å². The van der Waals surface area contributed by atoms with Crippen LogP contribution in [0.5, 0.6) is 0 Å². The SMILES string of the molecule is CCC1(CC)c2cc(-c3ccccc3)ccc2-c2ccc(-c3ccc4ccc5c6cc7c(cc6ccc5c4c3)C(C)(C)c3ccccc3-7)cc21. The van der Waals surface area contributed by atoms with Gasteiger partial charge in [0.15, 0.2) is 0 Å². The minimum atomic E-state index is 0.00136. The third-order valence-corrected chi connectivity index (χ3v) is 12.5. The summed E-state index contributed by atoms with van der Waals surface area (Å²) in [6.07, 6.45) is 2.15. The Balaban J connectivity index is 1.12. The van der Waals surface area contributed by atoms with Gasteiger partial charge in [0.05, 0.1) is 0 Å². The van der Waals surface area contributed by atoms with Crippen molar-refractivity contribution in [3.63, 3.8) is 0 Å². The molecule has 0 atom stereocenters. The summed E-state index contributed by atoms with van der Waals surface area (Å²) in [5.41, 5.74) is 16.5. The molecule has 8 aromatic carbocycles. The molecule has 0 N–H and O–H groups in total. The van der Waals surface area contributed by atoms with Crippen LogP contribution < -0.4 is 0 Å². The van der Waals surface area contributed by atoms with E-state index in [1.54, 1.807) is 0 Å². The molecule has 8 aromatic rings.